The minimum Gasteiger partial charge on any atom is -0.392 e. The maximum Gasteiger partial charge on any atom is 0.225 e. The van der Waals surface area contributed by atoms with E-state index < -0.39 is 0 Å². The van der Waals surface area contributed by atoms with Crippen molar-refractivity contribution in [1.82, 2.24) is 15.3 Å². The van der Waals surface area contributed by atoms with E-state index in [0.29, 0.717) is 6.54 Å². The first kappa shape index (κ1) is 15.7. The van der Waals surface area contributed by atoms with Gasteiger partial charge in [-0.1, -0.05) is 12.8 Å². The van der Waals surface area contributed by atoms with Crippen LogP contribution in [0.4, 0.5) is 5.95 Å². The van der Waals surface area contributed by atoms with Gasteiger partial charge in [-0.15, -0.1) is 0 Å². The van der Waals surface area contributed by atoms with Gasteiger partial charge in [0.15, 0.2) is 0 Å². The van der Waals surface area contributed by atoms with Crippen LogP contribution >= 0.6 is 0 Å². The van der Waals surface area contributed by atoms with Gasteiger partial charge in [0.05, 0.1) is 11.8 Å². The molecule has 2 atom stereocenters. The predicted molar refractivity (Wildman–Crippen MR) is 87.9 cm³/mol. The number of aromatic nitrogens is 2. The number of rotatable bonds is 4. The van der Waals surface area contributed by atoms with Crippen LogP contribution in [-0.2, 0) is 6.54 Å². The average molecular weight is 304 g/mol. The van der Waals surface area contributed by atoms with E-state index in [2.05, 4.69) is 21.3 Å². The van der Waals surface area contributed by atoms with Crippen molar-refractivity contribution < 1.29 is 5.11 Å². The summed E-state index contributed by atoms with van der Waals surface area (Å²) >= 11 is 0. The van der Waals surface area contributed by atoms with Gasteiger partial charge in [0, 0.05) is 31.4 Å². The van der Waals surface area contributed by atoms with Gasteiger partial charge in [-0.05, 0) is 45.1 Å². The predicted octanol–water partition coefficient (Wildman–Crippen LogP) is 2.17. The van der Waals surface area contributed by atoms with Crippen molar-refractivity contribution in [3.8, 4) is 0 Å². The fourth-order valence-electron chi connectivity index (χ4n) is 3.53. The molecule has 2 N–H and O–H groups in total. The van der Waals surface area contributed by atoms with Gasteiger partial charge in [0.2, 0.25) is 5.95 Å². The van der Waals surface area contributed by atoms with Crippen LogP contribution in [0.2, 0.25) is 0 Å². The zero-order valence-corrected chi connectivity index (χ0v) is 13.6. The molecule has 1 aromatic heterocycles. The van der Waals surface area contributed by atoms with E-state index in [1.807, 2.05) is 6.92 Å². The second kappa shape index (κ2) is 7.38. The first-order valence-electron chi connectivity index (χ1n) is 8.73. The highest BCUT2D eigenvalue weighted by Gasteiger charge is 2.22. The van der Waals surface area contributed by atoms with E-state index in [0.717, 1.165) is 49.7 Å². The number of anilines is 1. The van der Waals surface area contributed by atoms with Crippen molar-refractivity contribution in [3.63, 3.8) is 0 Å². The molecule has 1 aliphatic heterocycles. The van der Waals surface area contributed by atoms with Crippen molar-refractivity contribution in [2.24, 2.45) is 0 Å². The molecule has 0 aromatic carbocycles. The quantitative estimate of drug-likeness (QED) is 0.892. The molecular formula is C17H28N4O. The topological polar surface area (TPSA) is 61.3 Å². The Morgan fingerprint density at radius 2 is 1.91 bits per heavy atom. The lowest BCUT2D eigenvalue weighted by Gasteiger charge is -2.29. The molecule has 22 heavy (non-hydrogen) atoms. The summed E-state index contributed by atoms with van der Waals surface area (Å²) in [5.41, 5.74) is 2.06. The highest BCUT2D eigenvalue weighted by atomic mass is 16.3. The van der Waals surface area contributed by atoms with E-state index >= 15 is 0 Å². The Kier molecular flexibility index (Phi) is 5.26. The Hall–Kier alpha value is -1.20. The molecule has 122 valence electrons. The van der Waals surface area contributed by atoms with E-state index in [9.17, 15) is 5.11 Å². The number of aryl methyl sites for hydroxylation is 1. The summed E-state index contributed by atoms with van der Waals surface area (Å²) in [5, 5.41) is 13.5. The van der Waals surface area contributed by atoms with Gasteiger partial charge in [-0.3, -0.25) is 0 Å². The van der Waals surface area contributed by atoms with Crippen LogP contribution in [0.1, 0.15) is 56.3 Å². The number of hydrogen-bond acceptors (Lipinski definition) is 5. The minimum atomic E-state index is -0.210. The molecule has 0 bridgehead atoms. The SMILES string of the molecule is Cc1cc(CNC2CCCCC2O)nc(N2CCCCC2)n1. The fourth-order valence-corrected chi connectivity index (χ4v) is 3.53. The fraction of sp³-hybridized carbons (Fsp3) is 0.765. The van der Waals surface area contributed by atoms with Crippen molar-refractivity contribution in [3.05, 3.63) is 17.5 Å². The Morgan fingerprint density at radius 1 is 1.14 bits per heavy atom. The summed E-state index contributed by atoms with van der Waals surface area (Å²) in [6.07, 6.45) is 7.90. The molecule has 3 rings (SSSR count). The van der Waals surface area contributed by atoms with E-state index in [4.69, 9.17) is 4.98 Å². The van der Waals surface area contributed by atoms with Crippen LogP contribution in [-0.4, -0.2) is 40.3 Å². The molecule has 0 radical (unpaired) electrons. The Labute approximate surface area is 133 Å². The first-order chi connectivity index (χ1) is 10.7. The molecule has 0 amide bonds. The standard InChI is InChI=1S/C17H28N4O/c1-13-11-14(12-18-15-7-3-4-8-16(15)22)20-17(19-13)21-9-5-2-6-10-21/h11,15-16,18,22H,2-10,12H2,1H3. The van der Waals surface area contributed by atoms with Crippen molar-refractivity contribution in [1.29, 1.82) is 0 Å². The minimum absolute atomic E-state index is 0.210. The number of piperidine rings is 1. The smallest absolute Gasteiger partial charge is 0.225 e. The molecule has 5 heteroatoms. The van der Waals surface area contributed by atoms with Gasteiger partial charge >= 0.3 is 0 Å². The largest absolute Gasteiger partial charge is 0.392 e. The number of hydrogen-bond donors (Lipinski definition) is 2. The summed E-state index contributed by atoms with van der Waals surface area (Å²) < 4.78 is 0. The lowest BCUT2D eigenvalue weighted by atomic mass is 9.92. The second-order valence-corrected chi connectivity index (χ2v) is 6.69. The van der Waals surface area contributed by atoms with Gasteiger partial charge in [-0.2, -0.15) is 0 Å². The highest BCUT2D eigenvalue weighted by molar-refractivity contribution is 5.32. The third-order valence-corrected chi connectivity index (χ3v) is 4.81. The van der Waals surface area contributed by atoms with Crippen LogP contribution < -0.4 is 10.2 Å². The van der Waals surface area contributed by atoms with E-state index in [1.54, 1.807) is 0 Å². The summed E-state index contributed by atoms with van der Waals surface area (Å²) in [7, 11) is 0. The van der Waals surface area contributed by atoms with Crippen LogP contribution in [0.3, 0.4) is 0 Å². The number of nitrogens with zero attached hydrogens (tertiary/aromatic N) is 3. The maximum atomic E-state index is 10.1. The van der Waals surface area contributed by atoms with Crippen LogP contribution in [0.5, 0.6) is 0 Å². The van der Waals surface area contributed by atoms with Crippen molar-refractivity contribution >= 4 is 5.95 Å². The lowest BCUT2D eigenvalue weighted by molar-refractivity contribution is 0.0901. The second-order valence-electron chi connectivity index (χ2n) is 6.69. The van der Waals surface area contributed by atoms with Gasteiger partial charge in [-0.25, -0.2) is 9.97 Å². The van der Waals surface area contributed by atoms with E-state index in [-0.39, 0.29) is 12.1 Å². The first-order valence-corrected chi connectivity index (χ1v) is 8.73. The van der Waals surface area contributed by atoms with Gasteiger partial charge in [0.1, 0.15) is 0 Å². The normalized spacial score (nSPS) is 26.2. The molecule has 1 saturated heterocycles. The van der Waals surface area contributed by atoms with Crippen LogP contribution in [0.25, 0.3) is 0 Å². The van der Waals surface area contributed by atoms with Crippen molar-refractivity contribution in [2.45, 2.75) is 70.6 Å². The zero-order valence-electron chi connectivity index (χ0n) is 13.6. The van der Waals surface area contributed by atoms with Gasteiger partial charge < -0.3 is 15.3 Å². The molecule has 0 spiro atoms. The number of aliphatic hydroxyl groups excluding tert-OH is 1. The molecular weight excluding hydrogens is 276 g/mol. The monoisotopic (exact) mass is 304 g/mol. The molecule has 2 aliphatic rings. The van der Waals surface area contributed by atoms with Crippen LogP contribution in [0.15, 0.2) is 6.07 Å². The average Bonchev–Trinajstić information content (AvgIpc) is 2.54. The van der Waals surface area contributed by atoms with Crippen LogP contribution in [0, 0.1) is 6.92 Å². The summed E-state index contributed by atoms with van der Waals surface area (Å²) in [6, 6.07) is 2.26. The summed E-state index contributed by atoms with van der Waals surface area (Å²) in [4.78, 5) is 11.6. The third-order valence-electron chi connectivity index (χ3n) is 4.81. The summed E-state index contributed by atoms with van der Waals surface area (Å²) in [6.45, 7) is 4.88. The Bertz CT molecular complexity index is 488. The Morgan fingerprint density at radius 3 is 2.68 bits per heavy atom. The van der Waals surface area contributed by atoms with Gasteiger partial charge in [0.25, 0.3) is 0 Å². The van der Waals surface area contributed by atoms with E-state index in [1.165, 1.54) is 25.7 Å². The summed E-state index contributed by atoms with van der Waals surface area (Å²) in [5.74, 6) is 0.876. The zero-order chi connectivity index (χ0) is 15.4. The molecule has 5 nitrogen and oxygen atoms in total. The molecule has 2 fully saturated rings. The molecule has 1 aliphatic carbocycles. The Balaban J connectivity index is 1.64. The van der Waals surface area contributed by atoms with Crippen molar-refractivity contribution in [2.75, 3.05) is 18.0 Å². The number of aliphatic hydroxyl groups is 1. The molecule has 1 saturated carbocycles. The third kappa shape index (κ3) is 3.96. The maximum absolute atomic E-state index is 10.1. The lowest BCUT2D eigenvalue weighted by Crippen LogP contribution is -2.41. The molecule has 2 heterocycles. The number of nitrogens with one attached hydrogen (secondary N) is 1. The molecule has 2 unspecified atom stereocenters. The molecule has 1 aromatic rings. The highest BCUT2D eigenvalue weighted by Crippen LogP contribution is 2.20.